The number of para-hydroxylation sites is 1. The van der Waals surface area contributed by atoms with E-state index in [9.17, 15) is 9.59 Å². The Hall–Kier alpha value is -3.10. The van der Waals surface area contributed by atoms with E-state index in [0.717, 1.165) is 30.0 Å². The Kier molecular flexibility index (Phi) is 5.71. The monoisotopic (exact) mass is 436 g/mol. The predicted molar refractivity (Wildman–Crippen MR) is 119 cm³/mol. The molecule has 0 bridgehead atoms. The van der Waals surface area contributed by atoms with Crippen molar-refractivity contribution in [3.8, 4) is 11.5 Å². The second kappa shape index (κ2) is 8.80. The highest BCUT2D eigenvalue weighted by atomic mass is 16.7. The molecule has 2 saturated heterocycles. The third kappa shape index (κ3) is 3.91. The van der Waals surface area contributed by atoms with E-state index < -0.39 is 0 Å². The van der Waals surface area contributed by atoms with Gasteiger partial charge in [0.25, 0.3) is 0 Å². The Labute approximate surface area is 187 Å². The van der Waals surface area contributed by atoms with E-state index in [1.54, 1.807) is 5.01 Å². The van der Waals surface area contributed by atoms with Gasteiger partial charge >= 0.3 is 0 Å². The molecule has 32 heavy (non-hydrogen) atoms. The lowest BCUT2D eigenvalue weighted by Gasteiger charge is -2.38. The second-order valence-corrected chi connectivity index (χ2v) is 8.54. The number of rotatable bonds is 6. The minimum atomic E-state index is -0.327. The number of likely N-dealkylation sites (tertiary alicyclic amines) is 1. The summed E-state index contributed by atoms with van der Waals surface area (Å²) in [5.41, 5.74) is 5.09. The summed E-state index contributed by atoms with van der Waals surface area (Å²) in [7, 11) is 0. The maximum absolute atomic E-state index is 13.3. The molecule has 3 heterocycles. The van der Waals surface area contributed by atoms with E-state index in [0.29, 0.717) is 25.4 Å². The summed E-state index contributed by atoms with van der Waals surface area (Å²) < 4.78 is 10.8. The second-order valence-electron chi connectivity index (χ2n) is 8.54. The van der Waals surface area contributed by atoms with Crippen molar-refractivity contribution >= 4 is 17.5 Å². The van der Waals surface area contributed by atoms with Crippen LogP contribution in [0.3, 0.4) is 0 Å². The average molecular weight is 437 g/mol. The molecular formula is C24H28N4O4. The molecule has 2 fully saturated rings. The van der Waals surface area contributed by atoms with Crippen LogP contribution >= 0.6 is 0 Å². The highest BCUT2D eigenvalue weighted by molar-refractivity contribution is 5.98. The first-order chi connectivity index (χ1) is 15.6. The van der Waals surface area contributed by atoms with Gasteiger partial charge < -0.3 is 19.7 Å². The fraction of sp³-hybridized carbons (Fsp3) is 0.417. The van der Waals surface area contributed by atoms with Crippen molar-refractivity contribution in [2.24, 2.45) is 11.8 Å². The molecule has 2 aromatic carbocycles. The van der Waals surface area contributed by atoms with Crippen LogP contribution < -0.4 is 25.2 Å². The van der Waals surface area contributed by atoms with E-state index in [1.807, 2.05) is 48.5 Å². The fourth-order valence-electron chi connectivity index (χ4n) is 4.82. The maximum Gasteiger partial charge on any atom is 0.247 e. The Morgan fingerprint density at radius 2 is 1.94 bits per heavy atom. The Morgan fingerprint density at radius 1 is 1.12 bits per heavy atom. The summed E-state index contributed by atoms with van der Waals surface area (Å²) in [6.45, 7) is 4.90. The molecule has 3 unspecified atom stereocenters. The molecule has 0 aliphatic carbocycles. The van der Waals surface area contributed by atoms with Crippen LogP contribution in [-0.2, 0) is 16.1 Å². The van der Waals surface area contributed by atoms with Crippen molar-refractivity contribution in [2.75, 3.05) is 31.4 Å². The van der Waals surface area contributed by atoms with Gasteiger partial charge in [-0.3, -0.25) is 9.59 Å². The van der Waals surface area contributed by atoms with E-state index in [4.69, 9.17) is 9.47 Å². The van der Waals surface area contributed by atoms with Gasteiger partial charge in [-0.05, 0) is 42.8 Å². The van der Waals surface area contributed by atoms with Crippen molar-refractivity contribution in [3.05, 3.63) is 54.1 Å². The lowest BCUT2D eigenvalue weighted by molar-refractivity contribution is -0.130. The molecule has 2 amide bonds. The topological polar surface area (TPSA) is 83.1 Å². The molecule has 8 nitrogen and oxygen atoms in total. The van der Waals surface area contributed by atoms with Crippen molar-refractivity contribution in [1.82, 2.24) is 15.6 Å². The van der Waals surface area contributed by atoms with Gasteiger partial charge in [-0.15, -0.1) is 0 Å². The van der Waals surface area contributed by atoms with Gasteiger partial charge in [-0.2, -0.15) is 0 Å². The van der Waals surface area contributed by atoms with Crippen LogP contribution in [0.1, 0.15) is 18.9 Å². The summed E-state index contributed by atoms with van der Waals surface area (Å²) in [6, 6.07) is 15.0. The van der Waals surface area contributed by atoms with Crippen molar-refractivity contribution in [1.29, 1.82) is 0 Å². The summed E-state index contributed by atoms with van der Waals surface area (Å²) in [4.78, 5) is 28.7. The lowest BCUT2D eigenvalue weighted by atomic mass is 9.84. The predicted octanol–water partition coefficient (Wildman–Crippen LogP) is 1.91. The number of amides is 2. The Balaban J connectivity index is 1.32. The van der Waals surface area contributed by atoms with Crippen LogP contribution in [0.5, 0.6) is 11.5 Å². The number of nitrogens with zero attached hydrogens (tertiary/aromatic N) is 2. The van der Waals surface area contributed by atoms with Crippen LogP contribution in [0.4, 0.5) is 5.69 Å². The van der Waals surface area contributed by atoms with Crippen LogP contribution in [0, 0.1) is 11.8 Å². The standard InChI is InChI=1S/C24H28N4O4/c1-2-10-27-13-18(23(29)25-12-16-8-9-20-21(11-16)32-15-31-20)22-19(14-27)24(30)28(26-22)17-6-4-3-5-7-17/h3-9,11,18-19,22,26H,2,10,12-15H2,1H3,(H,25,29). The Bertz CT molecular complexity index is 999. The van der Waals surface area contributed by atoms with E-state index >= 15 is 0 Å². The number of fused-ring (bicyclic) bond motifs is 2. The van der Waals surface area contributed by atoms with E-state index in [1.165, 1.54) is 0 Å². The minimum absolute atomic E-state index is 0.0237. The number of hydrogen-bond donors (Lipinski definition) is 2. The maximum atomic E-state index is 13.3. The SMILES string of the molecule is CCCN1CC(C(=O)NCc2ccc3c(c2)OCO3)C2NN(c3ccccc3)C(=O)C2C1. The Morgan fingerprint density at radius 3 is 2.75 bits per heavy atom. The lowest BCUT2D eigenvalue weighted by Crippen LogP contribution is -2.57. The zero-order valence-electron chi connectivity index (χ0n) is 18.1. The number of hydrazine groups is 1. The molecule has 168 valence electrons. The highest BCUT2D eigenvalue weighted by Gasteiger charge is 2.50. The van der Waals surface area contributed by atoms with Gasteiger partial charge in [0, 0.05) is 19.6 Å². The fourth-order valence-corrected chi connectivity index (χ4v) is 4.82. The first-order valence-electron chi connectivity index (χ1n) is 11.2. The number of carbonyl (C=O) groups excluding carboxylic acids is 2. The molecule has 2 N–H and O–H groups in total. The van der Waals surface area contributed by atoms with Crippen LogP contribution in [0.25, 0.3) is 0 Å². The number of anilines is 1. The van der Waals surface area contributed by atoms with Crippen molar-refractivity contribution < 1.29 is 19.1 Å². The summed E-state index contributed by atoms with van der Waals surface area (Å²) in [5, 5.41) is 4.69. The molecule has 0 aromatic heterocycles. The first-order valence-corrected chi connectivity index (χ1v) is 11.2. The summed E-state index contributed by atoms with van der Waals surface area (Å²) in [5.74, 6) is 0.818. The number of nitrogens with one attached hydrogen (secondary N) is 2. The minimum Gasteiger partial charge on any atom is -0.454 e. The molecule has 8 heteroatoms. The van der Waals surface area contributed by atoms with E-state index in [2.05, 4.69) is 22.6 Å². The third-order valence-corrected chi connectivity index (χ3v) is 6.39. The number of hydrogen-bond acceptors (Lipinski definition) is 6. The summed E-state index contributed by atoms with van der Waals surface area (Å²) >= 11 is 0. The van der Waals surface area contributed by atoms with E-state index in [-0.39, 0.29) is 36.5 Å². The molecule has 0 spiro atoms. The highest BCUT2D eigenvalue weighted by Crippen LogP contribution is 2.33. The van der Waals surface area contributed by atoms with Crippen LogP contribution in [-0.4, -0.2) is 49.2 Å². The van der Waals surface area contributed by atoms with Crippen LogP contribution in [0.2, 0.25) is 0 Å². The first kappa shape index (κ1) is 20.8. The van der Waals surface area contributed by atoms with Crippen molar-refractivity contribution in [3.63, 3.8) is 0 Å². The zero-order chi connectivity index (χ0) is 22.1. The summed E-state index contributed by atoms with van der Waals surface area (Å²) in [6.07, 6.45) is 0.979. The van der Waals surface area contributed by atoms with Gasteiger partial charge in [0.15, 0.2) is 11.5 Å². The van der Waals surface area contributed by atoms with Gasteiger partial charge in [0.2, 0.25) is 18.6 Å². The third-order valence-electron chi connectivity index (χ3n) is 6.39. The van der Waals surface area contributed by atoms with Gasteiger partial charge in [0.05, 0.1) is 23.6 Å². The zero-order valence-corrected chi connectivity index (χ0v) is 18.1. The molecule has 3 aliphatic heterocycles. The molecule has 5 rings (SSSR count). The molecule has 2 aromatic rings. The number of ether oxygens (including phenoxy) is 2. The molecular weight excluding hydrogens is 408 g/mol. The van der Waals surface area contributed by atoms with Gasteiger partial charge in [-0.25, -0.2) is 10.4 Å². The number of piperidine rings is 1. The normalized spacial score (nSPS) is 24.5. The smallest absolute Gasteiger partial charge is 0.247 e. The molecule has 0 saturated carbocycles. The quantitative estimate of drug-likeness (QED) is 0.720. The number of carbonyl (C=O) groups is 2. The molecule has 3 aliphatic rings. The van der Waals surface area contributed by atoms with Crippen LogP contribution in [0.15, 0.2) is 48.5 Å². The van der Waals surface area contributed by atoms with Gasteiger partial charge in [0.1, 0.15) is 0 Å². The van der Waals surface area contributed by atoms with Gasteiger partial charge in [-0.1, -0.05) is 31.2 Å². The molecule has 0 radical (unpaired) electrons. The largest absolute Gasteiger partial charge is 0.454 e. The average Bonchev–Trinajstić information content (AvgIpc) is 3.42. The van der Waals surface area contributed by atoms with Crippen molar-refractivity contribution in [2.45, 2.75) is 25.9 Å². The molecule has 3 atom stereocenters. The number of benzene rings is 2.